The molecule has 142 valence electrons. The van der Waals surface area contributed by atoms with Crippen molar-refractivity contribution in [1.29, 1.82) is 0 Å². The number of fused-ring (bicyclic) bond motifs is 1. The molecule has 3 heterocycles. The zero-order valence-corrected chi connectivity index (χ0v) is 16.4. The lowest BCUT2D eigenvalue weighted by atomic mass is 9.99. The number of thiophene rings is 1. The lowest BCUT2D eigenvalue weighted by molar-refractivity contribution is -0.122. The highest BCUT2D eigenvalue weighted by molar-refractivity contribution is 7.17. The van der Waals surface area contributed by atoms with Crippen LogP contribution < -0.4 is 10.9 Å². The summed E-state index contributed by atoms with van der Waals surface area (Å²) in [5.41, 5.74) is 3.93. The zero-order chi connectivity index (χ0) is 19.7. The summed E-state index contributed by atoms with van der Waals surface area (Å²) >= 11 is 1.43. The molecule has 0 unspecified atom stereocenters. The van der Waals surface area contributed by atoms with Crippen LogP contribution in [0.4, 0.5) is 0 Å². The van der Waals surface area contributed by atoms with E-state index in [0.717, 1.165) is 16.7 Å². The van der Waals surface area contributed by atoms with E-state index in [-0.39, 0.29) is 24.6 Å². The van der Waals surface area contributed by atoms with E-state index in [1.807, 2.05) is 31.4 Å². The van der Waals surface area contributed by atoms with Gasteiger partial charge in [0, 0.05) is 10.9 Å². The predicted molar refractivity (Wildman–Crippen MR) is 109 cm³/mol. The van der Waals surface area contributed by atoms with E-state index in [2.05, 4.69) is 16.4 Å². The fraction of sp³-hybridized carbons (Fsp3) is 0.190. The van der Waals surface area contributed by atoms with E-state index >= 15 is 0 Å². The molecule has 4 rings (SSSR count). The summed E-state index contributed by atoms with van der Waals surface area (Å²) in [4.78, 5) is 30.4. The summed E-state index contributed by atoms with van der Waals surface area (Å²) in [6.07, 6.45) is 2.98. The van der Waals surface area contributed by atoms with Crippen LogP contribution in [-0.4, -0.2) is 15.5 Å². The first-order valence-electron chi connectivity index (χ1n) is 8.86. The molecule has 3 aromatic heterocycles. The number of benzene rings is 1. The summed E-state index contributed by atoms with van der Waals surface area (Å²) in [5, 5.41) is 5.26. The number of amides is 1. The Labute approximate surface area is 165 Å². The molecule has 0 aliphatic rings. The summed E-state index contributed by atoms with van der Waals surface area (Å²) in [7, 11) is 0. The first-order valence-corrected chi connectivity index (χ1v) is 9.74. The van der Waals surface area contributed by atoms with Gasteiger partial charge in [-0.05, 0) is 37.1 Å². The van der Waals surface area contributed by atoms with E-state index in [9.17, 15) is 9.59 Å². The number of carbonyl (C=O) groups is 1. The van der Waals surface area contributed by atoms with Gasteiger partial charge in [0.05, 0.1) is 24.5 Å². The van der Waals surface area contributed by atoms with Gasteiger partial charge < -0.3 is 9.73 Å². The molecule has 4 aromatic rings. The Morgan fingerprint density at radius 2 is 2.11 bits per heavy atom. The molecule has 1 amide bonds. The quantitative estimate of drug-likeness (QED) is 0.561. The fourth-order valence-electron chi connectivity index (χ4n) is 3.20. The lowest BCUT2D eigenvalue weighted by Crippen LogP contribution is -2.32. The fourth-order valence-corrected chi connectivity index (χ4v) is 4.10. The van der Waals surface area contributed by atoms with Crippen molar-refractivity contribution in [2.75, 3.05) is 0 Å². The molecule has 0 bridgehead atoms. The van der Waals surface area contributed by atoms with E-state index < -0.39 is 0 Å². The number of aromatic nitrogens is 2. The van der Waals surface area contributed by atoms with Gasteiger partial charge in [0.25, 0.3) is 5.56 Å². The van der Waals surface area contributed by atoms with Crippen LogP contribution in [0.1, 0.15) is 16.9 Å². The van der Waals surface area contributed by atoms with Gasteiger partial charge >= 0.3 is 0 Å². The van der Waals surface area contributed by atoms with Crippen molar-refractivity contribution >= 4 is 27.5 Å². The Morgan fingerprint density at radius 3 is 2.86 bits per heavy atom. The maximum Gasteiger partial charge on any atom is 0.263 e. The number of rotatable bonds is 5. The number of carbonyl (C=O) groups excluding carboxylic acids is 1. The molecule has 28 heavy (non-hydrogen) atoms. The van der Waals surface area contributed by atoms with Gasteiger partial charge in [-0.3, -0.25) is 14.2 Å². The highest BCUT2D eigenvalue weighted by Gasteiger charge is 2.16. The molecular weight excluding hydrogens is 374 g/mol. The lowest BCUT2D eigenvalue weighted by Gasteiger charge is -2.08. The minimum absolute atomic E-state index is 0.0926. The topological polar surface area (TPSA) is 77.1 Å². The molecule has 0 saturated carbocycles. The Hall–Kier alpha value is -3.19. The second kappa shape index (κ2) is 7.44. The van der Waals surface area contributed by atoms with Gasteiger partial charge in [0.2, 0.25) is 5.91 Å². The maximum absolute atomic E-state index is 13.1. The van der Waals surface area contributed by atoms with Gasteiger partial charge in [0.15, 0.2) is 0 Å². The van der Waals surface area contributed by atoms with E-state index in [1.165, 1.54) is 27.8 Å². The van der Waals surface area contributed by atoms with Gasteiger partial charge in [-0.1, -0.05) is 23.8 Å². The van der Waals surface area contributed by atoms with Crippen molar-refractivity contribution in [1.82, 2.24) is 14.9 Å². The van der Waals surface area contributed by atoms with Crippen molar-refractivity contribution in [2.45, 2.75) is 26.9 Å². The molecule has 0 aliphatic carbocycles. The molecule has 0 radical (unpaired) electrons. The first-order chi connectivity index (χ1) is 13.5. The second-order valence-electron chi connectivity index (χ2n) is 6.68. The largest absolute Gasteiger partial charge is 0.467 e. The molecule has 1 aromatic carbocycles. The van der Waals surface area contributed by atoms with Crippen LogP contribution in [0.3, 0.4) is 0 Å². The summed E-state index contributed by atoms with van der Waals surface area (Å²) in [5.74, 6) is 0.382. The Balaban J connectivity index is 1.64. The molecule has 0 spiro atoms. The SMILES string of the molecule is Cc1ccc(-c2csc3ncn(CC(=O)NCc4ccco4)c(=O)c23)c(C)c1. The molecule has 0 aliphatic heterocycles. The number of nitrogens with one attached hydrogen (secondary N) is 1. The van der Waals surface area contributed by atoms with E-state index in [0.29, 0.717) is 16.0 Å². The second-order valence-corrected chi connectivity index (χ2v) is 7.54. The number of hydrogen-bond acceptors (Lipinski definition) is 5. The first kappa shape index (κ1) is 18.2. The smallest absolute Gasteiger partial charge is 0.263 e. The number of furan rings is 1. The molecule has 0 fully saturated rings. The molecule has 7 heteroatoms. The highest BCUT2D eigenvalue weighted by Crippen LogP contribution is 2.32. The third-order valence-electron chi connectivity index (χ3n) is 4.59. The molecular formula is C21H19N3O3S. The Bertz CT molecular complexity index is 1210. The number of nitrogens with zero attached hydrogens (tertiary/aromatic N) is 2. The monoisotopic (exact) mass is 393 g/mol. The number of hydrogen-bond donors (Lipinski definition) is 1. The van der Waals surface area contributed by atoms with Crippen molar-refractivity contribution < 1.29 is 9.21 Å². The van der Waals surface area contributed by atoms with Crippen LogP contribution in [0.2, 0.25) is 0 Å². The normalized spacial score (nSPS) is 11.1. The van der Waals surface area contributed by atoms with Gasteiger partial charge in [-0.15, -0.1) is 11.3 Å². The maximum atomic E-state index is 13.1. The van der Waals surface area contributed by atoms with Crippen LogP contribution in [0.15, 0.2) is 57.5 Å². The average Bonchev–Trinajstić information content (AvgIpc) is 3.32. The van der Waals surface area contributed by atoms with Crippen molar-refractivity contribution in [3.05, 3.63) is 75.5 Å². The number of aryl methyl sites for hydroxylation is 2. The summed E-state index contributed by atoms with van der Waals surface area (Å²) in [6, 6.07) is 9.69. The zero-order valence-electron chi connectivity index (χ0n) is 15.6. The van der Waals surface area contributed by atoms with Crippen LogP contribution in [0.25, 0.3) is 21.3 Å². The Morgan fingerprint density at radius 1 is 1.25 bits per heavy atom. The standard InChI is InChI=1S/C21H19N3O3S/c1-13-5-6-16(14(2)8-13)17-11-28-20-19(17)21(26)24(12-23-20)10-18(25)22-9-15-4-3-7-27-15/h3-8,11-12H,9-10H2,1-2H3,(H,22,25). The molecule has 1 N–H and O–H groups in total. The van der Waals surface area contributed by atoms with E-state index in [4.69, 9.17) is 4.42 Å². The molecule has 0 saturated heterocycles. The predicted octanol–water partition coefficient (Wildman–Crippen LogP) is 3.65. The van der Waals surface area contributed by atoms with E-state index in [1.54, 1.807) is 18.4 Å². The Kier molecular flexibility index (Phi) is 4.83. The van der Waals surface area contributed by atoms with Crippen LogP contribution in [-0.2, 0) is 17.9 Å². The molecule has 0 atom stereocenters. The van der Waals surface area contributed by atoms with Crippen molar-refractivity contribution in [3.63, 3.8) is 0 Å². The minimum Gasteiger partial charge on any atom is -0.467 e. The van der Waals surface area contributed by atoms with Crippen LogP contribution in [0.5, 0.6) is 0 Å². The minimum atomic E-state index is -0.275. The average molecular weight is 393 g/mol. The van der Waals surface area contributed by atoms with Gasteiger partial charge in [0.1, 0.15) is 17.1 Å². The van der Waals surface area contributed by atoms with Gasteiger partial charge in [-0.25, -0.2) is 4.98 Å². The van der Waals surface area contributed by atoms with Crippen molar-refractivity contribution in [3.8, 4) is 11.1 Å². The highest BCUT2D eigenvalue weighted by atomic mass is 32.1. The van der Waals surface area contributed by atoms with Gasteiger partial charge in [-0.2, -0.15) is 0 Å². The summed E-state index contributed by atoms with van der Waals surface area (Å²) in [6.45, 7) is 4.26. The molecule has 6 nitrogen and oxygen atoms in total. The van der Waals surface area contributed by atoms with Crippen LogP contribution in [0, 0.1) is 13.8 Å². The van der Waals surface area contributed by atoms with Crippen LogP contribution >= 0.6 is 11.3 Å². The third kappa shape index (κ3) is 3.48. The van der Waals surface area contributed by atoms with Crippen molar-refractivity contribution in [2.24, 2.45) is 0 Å². The summed E-state index contributed by atoms with van der Waals surface area (Å²) < 4.78 is 6.54. The third-order valence-corrected chi connectivity index (χ3v) is 5.47.